The number of aliphatic carboxylic acids is 1. The van der Waals surface area contributed by atoms with E-state index in [9.17, 15) is 27.9 Å². The molecule has 2 heterocycles. The molecule has 0 spiro atoms. The highest BCUT2D eigenvalue weighted by atomic mass is 32.2. The number of carboxylic acid groups (broad SMARTS) is 1. The van der Waals surface area contributed by atoms with Crippen LogP contribution in [0.1, 0.15) is 10.4 Å². The molecule has 3 rings (SSSR count). The highest BCUT2D eigenvalue weighted by Crippen LogP contribution is 2.13. The largest absolute Gasteiger partial charge is 0.490 e. The second kappa shape index (κ2) is 11.3. The number of pyridine rings is 2. The lowest BCUT2D eigenvalue weighted by Crippen LogP contribution is -2.48. The van der Waals surface area contributed by atoms with E-state index in [1.807, 2.05) is 4.72 Å². The van der Waals surface area contributed by atoms with Crippen molar-refractivity contribution in [3.8, 4) is 5.75 Å². The van der Waals surface area contributed by atoms with Crippen LogP contribution in [0.25, 0.3) is 5.52 Å². The van der Waals surface area contributed by atoms with Gasteiger partial charge in [0.15, 0.2) is 5.96 Å². The number of carbonyl (C=O) groups is 2. The number of guanidine groups is 1. The zero-order valence-electron chi connectivity index (χ0n) is 18.8. The Morgan fingerprint density at radius 1 is 1.11 bits per heavy atom. The van der Waals surface area contributed by atoms with Gasteiger partial charge in [0.25, 0.3) is 11.5 Å². The number of benzene rings is 1. The minimum Gasteiger partial charge on any atom is -0.490 e. The number of carbonyl (C=O) groups excluding carboxylic acids is 1. The van der Waals surface area contributed by atoms with Crippen LogP contribution in [0.4, 0.5) is 0 Å². The molecule has 0 saturated carbocycles. The normalized spacial score (nSPS) is 12.0. The number of rotatable bonds is 11. The van der Waals surface area contributed by atoms with Gasteiger partial charge < -0.3 is 26.6 Å². The van der Waals surface area contributed by atoms with E-state index in [4.69, 9.17) is 16.2 Å². The molecule has 1 amide bonds. The number of nitrogens with zero attached hydrogens (tertiary/aromatic N) is 2. The second-order valence-corrected chi connectivity index (χ2v) is 9.15. The van der Waals surface area contributed by atoms with Crippen LogP contribution in [-0.4, -0.2) is 61.5 Å². The van der Waals surface area contributed by atoms with Gasteiger partial charge in [-0.2, -0.15) is 4.72 Å². The maximum absolute atomic E-state index is 12.6. The summed E-state index contributed by atoms with van der Waals surface area (Å²) in [5.41, 5.74) is 10.3. The molecule has 2 aromatic heterocycles. The molecule has 13 nitrogen and oxygen atoms in total. The van der Waals surface area contributed by atoms with Crippen LogP contribution in [-0.2, 0) is 14.8 Å². The van der Waals surface area contributed by atoms with Crippen molar-refractivity contribution >= 4 is 33.4 Å². The lowest BCUT2D eigenvalue weighted by molar-refractivity contribution is -0.138. The van der Waals surface area contributed by atoms with Crippen LogP contribution in [0.5, 0.6) is 5.75 Å². The number of aromatic nitrogens is 1. The Hall–Kier alpha value is -4.43. The number of aliphatic imine (C=N–C) groups is 1. The first-order valence-electron chi connectivity index (χ1n) is 10.5. The highest BCUT2D eigenvalue weighted by molar-refractivity contribution is 7.89. The molecule has 3 aromatic rings. The summed E-state index contributed by atoms with van der Waals surface area (Å²) in [5.74, 6) is -1.93. The summed E-state index contributed by atoms with van der Waals surface area (Å²) in [4.78, 5) is 40.4. The van der Waals surface area contributed by atoms with Crippen LogP contribution in [0.3, 0.4) is 0 Å². The molecule has 0 aliphatic carbocycles. The second-order valence-electron chi connectivity index (χ2n) is 7.43. The Bertz CT molecular complexity index is 1450. The van der Waals surface area contributed by atoms with Gasteiger partial charge in [-0.1, -0.05) is 18.2 Å². The minimum absolute atomic E-state index is 0.0310. The van der Waals surface area contributed by atoms with Crippen molar-refractivity contribution in [3.63, 3.8) is 0 Å². The molecule has 1 unspecified atom stereocenters. The van der Waals surface area contributed by atoms with Crippen molar-refractivity contribution in [2.45, 2.75) is 10.9 Å². The summed E-state index contributed by atoms with van der Waals surface area (Å²) in [6.45, 7) is -0.146. The Balaban J connectivity index is 1.70. The number of sulfonamides is 1. The van der Waals surface area contributed by atoms with Crippen LogP contribution in [0.15, 0.2) is 75.5 Å². The zero-order chi connectivity index (χ0) is 26.3. The van der Waals surface area contributed by atoms with Crippen molar-refractivity contribution < 1.29 is 27.9 Å². The maximum atomic E-state index is 12.6. The fourth-order valence-electron chi connectivity index (χ4n) is 3.09. The van der Waals surface area contributed by atoms with Gasteiger partial charge in [0.1, 0.15) is 18.4 Å². The topological polar surface area (TPSA) is 208 Å². The van der Waals surface area contributed by atoms with Crippen LogP contribution in [0.2, 0.25) is 0 Å². The molecule has 0 fully saturated rings. The van der Waals surface area contributed by atoms with Crippen LogP contribution < -0.4 is 31.8 Å². The van der Waals surface area contributed by atoms with E-state index in [-0.39, 0.29) is 29.6 Å². The van der Waals surface area contributed by atoms with Crippen LogP contribution in [0, 0.1) is 0 Å². The van der Waals surface area contributed by atoms with Gasteiger partial charge in [-0.3, -0.25) is 23.8 Å². The van der Waals surface area contributed by atoms with Crippen molar-refractivity contribution in [1.82, 2.24) is 14.4 Å². The van der Waals surface area contributed by atoms with Gasteiger partial charge in [-0.15, -0.1) is 0 Å². The molecule has 1 atom stereocenters. The molecule has 0 radical (unpaired) electrons. The van der Waals surface area contributed by atoms with Gasteiger partial charge in [0.05, 0.1) is 17.6 Å². The Kier molecular flexibility index (Phi) is 8.24. The molecule has 7 N–H and O–H groups in total. The summed E-state index contributed by atoms with van der Waals surface area (Å²) in [7, 11) is -4.14. The zero-order valence-corrected chi connectivity index (χ0v) is 19.6. The van der Waals surface area contributed by atoms with E-state index >= 15 is 0 Å². The van der Waals surface area contributed by atoms with Crippen molar-refractivity contribution in [2.24, 2.45) is 16.5 Å². The number of nitrogens with two attached hydrogens (primary N) is 2. The van der Waals surface area contributed by atoms with E-state index in [2.05, 4.69) is 10.3 Å². The average Bonchev–Trinajstić information content (AvgIpc) is 2.84. The highest BCUT2D eigenvalue weighted by Gasteiger charge is 2.26. The number of nitrogens with one attached hydrogen (secondary N) is 2. The maximum Gasteiger partial charge on any atom is 0.323 e. The van der Waals surface area contributed by atoms with Crippen molar-refractivity contribution in [1.29, 1.82) is 0 Å². The summed E-state index contributed by atoms with van der Waals surface area (Å²) in [5, 5.41) is 11.8. The first-order valence-corrected chi connectivity index (χ1v) is 12.0. The molecule has 0 aliphatic rings. The molecule has 36 heavy (non-hydrogen) atoms. The number of hydrogen-bond donors (Lipinski definition) is 5. The van der Waals surface area contributed by atoms with E-state index in [0.717, 1.165) is 6.07 Å². The fraction of sp³-hybridized carbons (Fsp3) is 0.182. The molecular formula is C22H24N6O7S. The predicted octanol–water partition coefficient (Wildman–Crippen LogP) is -0.887. The third-order valence-electron chi connectivity index (χ3n) is 4.81. The molecular weight excluding hydrogens is 492 g/mol. The number of hydrogen-bond acceptors (Lipinski definition) is 7. The fourth-order valence-corrected chi connectivity index (χ4v) is 4.30. The summed E-state index contributed by atoms with van der Waals surface area (Å²) < 4.78 is 33.7. The number of ether oxygens (including phenoxy) is 1. The number of fused-ring (bicyclic) bond motifs is 1. The Labute approximate surface area is 205 Å². The molecule has 14 heteroatoms. The summed E-state index contributed by atoms with van der Waals surface area (Å²) in [6, 6.07) is 11.2. The van der Waals surface area contributed by atoms with E-state index in [0.29, 0.717) is 11.3 Å². The van der Waals surface area contributed by atoms with Gasteiger partial charge in [0, 0.05) is 23.7 Å². The van der Waals surface area contributed by atoms with Gasteiger partial charge in [0.2, 0.25) is 10.0 Å². The third kappa shape index (κ3) is 6.80. The van der Waals surface area contributed by atoms with Crippen molar-refractivity contribution in [3.05, 3.63) is 76.7 Å². The number of amides is 1. The van der Waals surface area contributed by atoms with E-state index in [1.54, 1.807) is 18.2 Å². The molecule has 190 valence electrons. The lowest BCUT2D eigenvalue weighted by atomic mass is 10.2. The summed E-state index contributed by atoms with van der Waals surface area (Å²) >= 11 is 0. The molecule has 0 saturated heterocycles. The molecule has 0 bridgehead atoms. The smallest absolute Gasteiger partial charge is 0.323 e. The van der Waals surface area contributed by atoms with Gasteiger partial charge in [-0.25, -0.2) is 8.42 Å². The first-order chi connectivity index (χ1) is 17.1. The summed E-state index contributed by atoms with van der Waals surface area (Å²) in [6.07, 6.45) is 1.44. The minimum atomic E-state index is -4.14. The standard InChI is InChI=1S/C22H24N6O7S/c23-22(24)25-8-9-35-16-7-6-15-10-14(11-19(29)28(15)13-16)20(30)26-12-18(21(31)32)27-36(33,34)17-4-2-1-3-5-17/h1-7,10-11,13,18,27H,8-9,12H2,(H,26,30)(H,31,32)(H4,23,24,25). The van der Waals surface area contributed by atoms with Crippen LogP contribution >= 0.6 is 0 Å². The Morgan fingerprint density at radius 3 is 2.50 bits per heavy atom. The third-order valence-corrected chi connectivity index (χ3v) is 6.29. The first kappa shape index (κ1) is 26.2. The molecule has 0 aliphatic heterocycles. The predicted molar refractivity (Wildman–Crippen MR) is 130 cm³/mol. The number of carboxylic acids is 1. The average molecular weight is 517 g/mol. The quantitative estimate of drug-likeness (QED) is 0.121. The Morgan fingerprint density at radius 2 is 1.83 bits per heavy atom. The monoisotopic (exact) mass is 516 g/mol. The van der Waals surface area contributed by atoms with E-state index < -0.39 is 40.0 Å². The molecule has 1 aromatic carbocycles. The van der Waals surface area contributed by atoms with E-state index in [1.165, 1.54) is 40.9 Å². The van der Waals surface area contributed by atoms with Gasteiger partial charge >= 0.3 is 5.97 Å². The SMILES string of the molecule is NC(N)=NCCOc1ccc2cc(C(=O)NCC(NS(=O)(=O)c3ccccc3)C(=O)O)cc(=O)n2c1. The van der Waals surface area contributed by atoms with Crippen molar-refractivity contribution in [2.75, 3.05) is 19.7 Å². The van der Waals surface area contributed by atoms with Gasteiger partial charge in [-0.05, 0) is 30.3 Å². The lowest BCUT2D eigenvalue weighted by Gasteiger charge is -2.16.